The van der Waals surface area contributed by atoms with Gasteiger partial charge in [0.05, 0.1) is 11.0 Å². The number of rotatable bonds is 0. The molecule has 2 nitrogen and oxygen atoms in total. The van der Waals surface area contributed by atoms with E-state index in [-0.39, 0.29) is 0 Å². The Morgan fingerprint density at radius 2 is 1.79 bits per heavy atom. The van der Waals surface area contributed by atoms with Crippen molar-refractivity contribution >= 4 is 21.8 Å². The van der Waals surface area contributed by atoms with Crippen LogP contribution in [0.4, 0.5) is 0 Å². The molecule has 0 bridgehead atoms. The first-order valence-electron chi connectivity index (χ1n) is 4.53. The summed E-state index contributed by atoms with van der Waals surface area (Å²) in [7, 11) is 0. The Kier molecular flexibility index (Phi) is 1.39. The van der Waals surface area contributed by atoms with Gasteiger partial charge in [-0.3, -0.25) is 0 Å². The van der Waals surface area contributed by atoms with Crippen LogP contribution in [0.1, 0.15) is 5.82 Å². The van der Waals surface area contributed by atoms with Crippen molar-refractivity contribution in [2.45, 2.75) is 0 Å². The van der Waals surface area contributed by atoms with E-state index in [1.54, 1.807) is 0 Å². The minimum absolute atomic E-state index is 0.718. The standard InChI is InChI=1S/C12H9N2/c1-8-13-11-6-9-4-2-3-5-10(9)7-12(11)14-8/h2-7H,1H2,(H,13,14). The highest BCUT2D eigenvalue weighted by molar-refractivity contribution is 5.95. The number of aromatic amines is 1. The molecule has 0 spiro atoms. The lowest BCUT2D eigenvalue weighted by molar-refractivity contribution is 1.26. The van der Waals surface area contributed by atoms with Gasteiger partial charge in [-0.1, -0.05) is 24.3 Å². The molecule has 2 aromatic carbocycles. The molecule has 3 rings (SSSR count). The SMILES string of the molecule is [CH2]c1nc2cc3ccccc3cc2[nH]1. The number of aromatic nitrogens is 2. The largest absolute Gasteiger partial charge is 0.342 e. The molecule has 0 aliphatic heterocycles. The van der Waals surface area contributed by atoms with E-state index < -0.39 is 0 Å². The Hall–Kier alpha value is -1.83. The van der Waals surface area contributed by atoms with Crippen LogP contribution < -0.4 is 0 Å². The van der Waals surface area contributed by atoms with Gasteiger partial charge in [-0.2, -0.15) is 0 Å². The zero-order chi connectivity index (χ0) is 9.54. The monoisotopic (exact) mass is 181 g/mol. The van der Waals surface area contributed by atoms with E-state index in [2.05, 4.69) is 41.2 Å². The van der Waals surface area contributed by atoms with Gasteiger partial charge in [0.15, 0.2) is 0 Å². The lowest BCUT2D eigenvalue weighted by atomic mass is 10.1. The van der Waals surface area contributed by atoms with Crippen LogP contribution in [0.15, 0.2) is 36.4 Å². The summed E-state index contributed by atoms with van der Waals surface area (Å²) in [6, 6.07) is 12.4. The van der Waals surface area contributed by atoms with Gasteiger partial charge < -0.3 is 4.98 Å². The average Bonchev–Trinajstić information content (AvgIpc) is 2.53. The zero-order valence-electron chi connectivity index (χ0n) is 7.62. The Balaban J connectivity index is 2.51. The number of nitrogens with one attached hydrogen (secondary N) is 1. The first-order valence-corrected chi connectivity index (χ1v) is 4.53. The molecule has 0 unspecified atom stereocenters. The molecule has 0 saturated heterocycles. The predicted molar refractivity (Wildman–Crippen MR) is 58.1 cm³/mol. The van der Waals surface area contributed by atoms with Crippen molar-refractivity contribution in [3.05, 3.63) is 49.1 Å². The van der Waals surface area contributed by atoms with Crippen molar-refractivity contribution < 1.29 is 0 Å². The van der Waals surface area contributed by atoms with E-state index in [1.165, 1.54) is 10.8 Å². The van der Waals surface area contributed by atoms with Crippen molar-refractivity contribution in [2.75, 3.05) is 0 Å². The fraction of sp³-hybridized carbons (Fsp3) is 0. The van der Waals surface area contributed by atoms with Crippen molar-refractivity contribution in [2.24, 2.45) is 0 Å². The minimum atomic E-state index is 0.718. The molecule has 67 valence electrons. The number of hydrogen-bond donors (Lipinski definition) is 1. The van der Waals surface area contributed by atoms with Crippen molar-refractivity contribution in [3.8, 4) is 0 Å². The lowest BCUT2D eigenvalue weighted by Gasteiger charge is -1.95. The number of imidazole rings is 1. The van der Waals surface area contributed by atoms with Gasteiger partial charge in [-0.25, -0.2) is 4.98 Å². The molecule has 0 saturated carbocycles. The van der Waals surface area contributed by atoms with Crippen LogP contribution in [0.2, 0.25) is 0 Å². The Morgan fingerprint density at radius 3 is 2.57 bits per heavy atom. The van der Waals surface area contributed by atoms with Gasteiger partial charge >= 0.3 is 0 Å². The summed E-state index contributed by atoms with van der Waals surface area (Å²) in [6.45, 7) is 3.78. The van der Waals surface area contributed by atoms with Crippen LogP contribution in [0.25, 0.3) is 21.8 Å². The molecule has 2 heteroatoms. The molecule has 3 aromatic rings. The van der Waals surface area contributed by atoms with E-state index in [4.69, 9.17) is 0 Å². The Labute approximate surface area is 81.6 Å². The molecule has 1 N–H and O–H groups in total. The lowest BCUT2D eigenvalue weighted by Crippen LogP contribution is -1.73. The fourth-order valence-corrected chi connectivity index (χ4v) is 1.75. The summed E-state index contributed by atoms with van der Waals surface area (Å²) >= 11 is 0. The number of fused-ring (bicyclic) bond motifs is 2. The number of nitrogens with zero attached hydrogens (tertiary/aromatic N) is 1. The third-order valence-electron chi connectivity index (χ3n) is 2.40. The average molecular weight is 181 g/mol. The molecule has 0 aliphatic carbocycles. The van der Waals surface area contributed by atoms with E-state index in [1.807, 2.05) is 12.1 Å². The van der Waals surface area contributed by atoms with Crippen molar-refractivity contribution in [1.82, 2.24) is 9.97 Å². The number of H-pyrrole nitrogens is 1. The normalized spacial score (nSPS) is 11.2. The maximum Gasteiger partial charge on any atom is 0.107 e. The summed E-state index contributed by atoms with van der Waals surface area (Å²) in [5.74, 6) is 0.718. The smallest absolute Gasteiger partial charge is 0.107 e. The first kappa shape index (κ1) is 7.56. The summed E-state index contributed by atoms with van der Waals surface area (Å²) in [6.07, 6.45) is 0. The molecule has 0 amide bonds. The highest BCUT2D eigenvalue weighted by Gasteiger charge is 2.00. The second-order valence-electron chi connectivity index (χ2n) is 3.40. The van der Waals surface area contributed by atoms with Gasteiger partial charge in [0, 0.05) is 6.92 Å². The molecule has 0 fully saturated rings. The predicted octanol–water partition coefficient (Wildman–Crippen LogP) is 2.90. The zero-order valence-corrected chi connectivity index (χ0v) is 7.62. The highest BCUT2D eigenvalue weighted by atomic mass is 14.9. The summed E-state index contributed by atoms with van der Waals surface area (Å²) in [4.78, 5) is 7.42. The highest BCUT2D eigenvalue weighted by Crippen LogP contribution is 2.20. The van der Waals surface area contributed by atoms with E-state index in [0.29, 0.717) is 0 Å². The number of hydrogen-bond acceptors (Lipinski definition) is 1. The van der Waals surface area contributed by atoms with Gasteiger partial charge in [0.25, 0.3) is 0 Å². The van der Waals surface area contributed by atoms with E-state index in [0.717, 1.165) is 16.9 Å². The topological polar surface area (TPSA) is 28.7 Å². The third-order valence-corrected chi connectivity index (χ3v) is 2.40. The second kappa shape index (κ2) is 2.58. The second-order valence-corrected chi connectivity index (χ2v) is 3.40. The van der Waals surface area contributed by atoms with Crippen LogP contribution in [0.3, 0.4) is 0 Å². The van der Waals surface area contributed by atoms with Crippen molar-refractivity contribution in [1.29, 1.82) is 0 Å². The van der Waals surface area contributed by atoms with Crippen LogP contribution in [0.5, 0.6) is 0 Å². The van der Waals surface area contributed by atoms with Crippen LogP contribution in [0, 0.1) is 6.92 Å². The third kappa shape index (κ3) is 1.01. The molecule has 0 aliphatic rings. The molecular formula is C12H9N2. The summed E-state index contributed by atoms with van der Waals surface area (Å²) < 4.78 is 0. The Morgan fingerprint density at radius 1 is 1.07 bits per heavy atom. The molecule has 1 heterocycles. The van der Waals surface area contributed by atoms with Gasteiger partial charge in [0.2, 0.25) is 0 Å². The minimum Gasteiger partial charge on any atom is -0.342 e. The molecule has 14 heavy (non-hydrogen) atoms. The quantitative estimate of drug-likeness (QED) is 0.567. The Bertz CT molecular complexity index is 555. The first-order chi connectivity index (χ1) is 6.83. The van der Waals surface area contributed by atoms with Crippen LogP contribution in [-0.2, 0) is 0 Å². The summed E-state index contributed by atoms with van der Waals surface area (Å²) in [5, 5.41) is 2.44. The molecule has 1 radical (unpaired) electrons. The van der Waals surface area contributed by atoms with Gasteiger partial charge in [-0.05, 0) is 22.9 Å². The fourth-order valence-electron chi connectivity index (χ4n) is 1.75. The number of benzene rings is 2. The molecule has 0 atom stereocenters. The summed E-state index contributed by atoms with van der Waals surface area (Å²) in [5.41, 5.74) is 2.03. The van der Waals surface area contributed by atoms with E-state index in [9.17, 15) is 0 Å². The maximum absolute atomic E-state index is 4.30. The van der Waals surface area contributed by atoms with Gasteiger partial charge in [-0.15, -0.1) is 0 Å². The van der Waals surface area contributed by atoms with Gasteiger partial charge in [0.1, 0.15) is 5.82 Å². The molecule has 1 aromatic heterocycles. The maximum atomic E-state index is 4.30. The van der Waals surface area contributed by atoms with Crippen LogP contribution in [-0.4, -0.2) is 9.97 Å². The van der Waals surface area contributed by atoms with E-state index >= 15 is 0 Å². The van der Waals surface area contributed by atoms with Crippen molar-refractivity contribution in [3.63, 3.8) is 0 Å². The molecular weight excluding hydrogens is 172 g/mol. The van der Waals surface area contributed by atoms with Crippen LogP contribution >= 0.6 is 0 Å².